The molecule has 0 radical (unpaired) electrons. The van der Waals surface area contributed by atoms with E-state index in [1.807, 2.05) is 0 Å². The molecule has 0 atom stereocenters. The van der Waals surface area contributed by atoms with E-state index in [2.05, 4.69) is 13.8 Å². The second kappa shape index (κ2) is 4.00. The lowest BCUT2D eigenvalue weighted by molar-refractivity contribution is 0.428. The molecule has 0 N–H and O–H groups in total. The fourth-order valence-electron chi connectivity index (χ4n) is 1.57. The van der Waals surface area contributed by atoms with Crippen molar-refractivity contribution in [1.82, 2.24) is 0 Å². The molecule has 10 heavy (non-hydrogen) atoms. The van der Waals surface area contributed by atoms with E-state index in [-0.39, 0.29) is 0 Å². The Morgan fingerprint density at radius 1 is 1.20 bits per heavy atom. The molecule has 0 saturated heterocycles. The van der Waals surface area contributed by atoms with Crippen molar-refractivity contribution in [2.24, 2.45) is 11.8 Å². The van der Waals surface area contributed by atoms with Gasteiger partial charge in [-0.2, -0.15) is 0 Å². The smallest absolute Gasteiger partial charge is 0.0414 e. The molecule has 0 spiro atoms. The van der Waals surface area contributed by atoms with Gasteiger partial charge in [0.05, 0.1) is 0 Å². The van der Waals surface area contributed by atoms with Crippen LogP contribution in [0.5, 0.6) is 0 Å². The van der Waals surface area contributed by atoms with E-state index in [4.69, 9.17) is 0 Å². The molecule has 0 heterocycles. The summed E-state index contributed by atoms with van der Waals surface area (Å²) in [5, 5.41) is 0. The van der Waals surface area contributed by atoms with Crippen LogP contribution in [0.3, 0.4) is 0 Å². The van der Waals surface area contributed by atoms with Gasteiger partial charge in [-0.3, -0.25) is 0 Å². The average molecular weight is 140 g/mol. The summed E-state index contributed by atoms with van der Waals surface area (Å²) in [7, 11) is 0. The third kappa shape index (κ3) is 2.72. The molecule has 0 aliphatic heterocycles. The summed E-state index contributed by atoms with van der Waals surface area (Å²) in [5.41, 5.74) is 0. The molecule has 1 aliphatic rings. The van der Waals surface area contributed by atoms with E-state index in [0.717, 1.165) is 11.8 Å². The Morgan fingerprint density at radius 3 is 2.20 bits per heavy atom. The van der Waals surface area contributed by atoms with E-state index in [0.29, 0.717) is 0 Å². The Labute approximate surface area is 65.0 Å². The maximum Gasteiger partial charge on any atom is -0.0414 e. The Bertz CT molecular complexity index is 78.0. The highest BCUT2D eigenvalue weighted by atomic mass is 14.3. The third-order valence-electron chi connectivity index (χ3n) is 2.83. The molecule has 0 heteroatoms. The van der Waals surface area contributed by atoms with Gasteiger partial charge in [-0.25, -0.2) is 0 Å². The minimum atomic E-state index is 1.03. The van der Waals surface area contributed by atoms with Gasteiger partial charge < -0.3 is 0 Å². The summed E-state index contributed by atoms with van der Waals surface area (Å²) >= 11 is 0. The van der Waals surface area contributed by atoms with Crippen LogP contribution in [-0.2, 0) is 0 Å². The summed E-state index contributed by atoms with van der Waals surface area (Å²) in [5.74, 6) is 2.17. The van der Waals surface area contributed by atoms with Crippen LogP contribution >= 0.6 is 0 Å². The van der Waals surface area contributed by atoms with Gasteiger partial charge >= 0.3 is 0 Å². The maximum atomic E-state index is 2.32. The van der Waals surface area contributed by atoms with Crippen molar-refractivity contribution in [1.29, 1.82) is 0 Å². The quantitative estimate of drug-likeness (QED) is 0.547. The molecule has 0 bridgehead atoms. The van der Waals surface area contributed by atoms with Crippen molar-refractivity contribution in [2.75, 3.05) is 0 Å². The van der Waals surface area contributed by atoms with Crippen molar-refractivity contribution in [3.05, 3.63) is 0 Å². The molecular weight excluding hydrogens is 120 g/mol. The summed E-state index contributed by atoms with van der Waals surface area (Å²) in [6.07, 6.45) is 8.86. The summed E-state index contributed by atoms with van der Waals surface area (Å²) in [6.45, 7) is 4.64. The molecule has 0 nitrogen and oxygen atoms in total. The molecular formula is C10H20. The topological polar surface area (TPSA) is 0 Å². The van der Waals surface area contributed by atoms with Crippen LogP contribution < -0.4 is 0 Å². The molecule has 0 unspecified atom stereocenters. The van der Waals surface area contributed by atoms with Crippen molar-refractivity contribution in [2.45, 2.75) is 52.4 Å². The van der Waals surface area contributed by atoms with Gasteiger partial charge in [-0.05, 0) is 11.8 Å². The molecule has 0 aromatic heterocycles. The number of rotatable bonds is 5. The summed E-state index contributed by atoms with van der Waals surface area (Å²) < 4.78 is 0. The van der Waals surface area contributed by atoms with Gasteiger partial charge in [-0.1, -0.05) is 52.4 Å². The second-order valence-electron chi connectivity index (χ2n) is 3.70. The van der Waals surface area contributed by atoms with E-state index < -0.39 is 0 Å². The molecule has 0 aromatic rings. The first-order chi connectivity index (χ1) is 4.86. The van der Waals surface area contributed by atoms with Crippen LogP contribution in [0.25, 0.3) is 0 Å². The molecule has 1 aliphatic carbocycles. The first kappa shape index (κ1) is 8.10. The summed E-state index contributed by atoms with van der Waals surface area (Å²) in [4.78, 5) is 0. The van der Waals surface area contributed by atoms with E-state index >= 15 is 0 Å². The average Bonchev–Trinajstić information content (AvgIpc) is 2.74. The lowest BCUT2D eigenvalue weighted by Crippen LogP contribution is -1.96. The van der Waals surface area contributed by atoms with Gasteiger partial charge in [0.15, 0.2) is 0 Å². The van der Waals surface area contributed by atoms with Gasteiger partial charge in [0, 0.05) is 0 Å². The van der Waals surface area contributed by atoms with E-state index in [9.17, 15) is 0 Å². The van der Waals surface area contributed by atoms with Crippen LogP contribution in [0.15, 0.2) is 0 Å². The second-order valence-corrected chi connectivity index (χ2v) is 3.70. The first-order valence-corrected chi connectivity index (χ1v) is 4.86. The fourth-order valence-corrected chi connectivity index (χ4v) is 1.57. The summed E-state index contributed by atoms with van der Waals surface area (Å²) in [6, 6.07) is 0. The monoisotopic (exact) mass is 140 g/mol. The Morgan fingerprint density at radius 2 is 1.80 bits per heavy atom. The highest BCUT2D eigenvalue weighted by Crippen LogP contribution is 2.35. The maximum absolute atomic E-state index is 2.32. The first-order valence-electron chi connectivity index (χ1n) is 4.86. The Balaban J connectivity index is 1.97. The number of hydrogen-bond donors (Lipinski definition) is 0. The van der Waals surface area contributed by atoms with Crippen molar-refractivity contribution in [3.63, 3.8) is 0 Å². The number of hydrogen-bond acceptors (Lipinski definition) is 0. The molecule has 1 saturated carbocycles. The largest absolute Gasteiger partial charge is 0.0651 e. The lowest BCUT2D eigenvalue weighted by Gasteiger charge is -2.10. The van der Waals surface area contributed by atoms with Crippen LogP contribution in [-0.4, -0.2) is 0 Å². The van der Waals surface area contributed by atoms with E-state index in [1.165, 1.54) is 38.5 Å². The van der Waals surface area contributed by atoms with Gasteiger partial charge in [0.25, 0.3) is 0 Å². The van der Waals surface area contributed by atoms with Gasteiger partial charge in [0.2, 0.25) is 0 Å². The van der Waals surface area contributed by atoms with Crippen LogP contribution in [0.1, 0.15) is 52.4 Å². The molecule has 0 amide bonds. The highest BCUT2D eigenvalue weighted by Gasteiger charge is 2.21. The standard InChI is InChI=1S/C10H20/c1-3-9(4-2)5-6-10-7-8-10/h9-10H,3-8H2,1-2H3. The van der Waals surface area contributed by atoms with Gasteiger partial charge in [-0.15, -0.1) is 0 Å². The van der Waals surface area contributed by atoms with Crippen LogP contribution in [0.4, 0.5) is 0 Å². The zero-order valence-electron chi connectivity index (χ0n) is 7.40. The van der Waals surface area contributed by atoms with Crippen molar-refractivity contribution >= 4 is 0 Å². The zero-order valence-corrected chi connectivity index (χ0v) is 7.40. The Kier molecular flexibility index (Phi) is 3.24. The Hall–Kier alpha value is 0. The van der Waals surface area contributed by atoms with Crippen molar-refractivity contribution in [3.8, 4) is 0 Å². The van der Waals surface area contributed by atoms with Crippen LogP contribution in [0.2, 0.25) is 0 Å². The molecule has 1 rings (SSSR count). The minimum absolute atomic E-state index is 1.03. The van der Waals surface area contributed by atoms with Crippen LogP contribution in [0, 0.1) is 11.8 Å². The predicted octanol–water partition coefficient (Wildman–Crippen LogP) is 3.61. The SMILES string of the molecule is CCC(CC)CCC1CC1. The third-order valence-corrected chi connectivity index (χ3v) is 2.83. The normalized spacial score (nSPS) is 18.3. The molecule has 60 valence electrons. The highest BCUT2D eigenvalue weighted by molar-refractivity contribution is 4.73. The predicted molar refractivity (Wildman–Crippen MR) is 46.0 cm³/mol. The molecule has 1 fully saturated rings. The lowest BCUT2D eigenvalue weighted by atomic mass is 9.96. The van der Waals surface area contributed by atoms with Gasteiger partial charge in [0.1, 0.15) is 0 Å². The fraction of sp³-hybridized carbons (Fsp3) is 1.00. The van der Waals surface area contributed by atoms with Crippen molar-refractivity contribution < 1.29 is 0 Å². The minimum Gasteiger partial charge on any atom is -0.0651 e. The van der Waals surface area contributed by atoms with E-state index in [1.54, 1.807) is 0 Å². The zero-order chi connectivity index (χ0) is 7.40. The molecule has 0 aromatic carbocycles.